The fourth-order valence-electron chi connectivity index (χ4n) is 4.00. The Balaban J connectivity index is 1.82. The zero-order chi connectivity index (χ0) is 23.0. The highest BCUT2D eigenvalue weighted by Gasteiger charge is 2.46. The van der Waals surface area contributed by atoms with E-state index in [0.717, 1.165) is 18.6 Å². The van der Waals surface area contributed by atoms with Crippen LogP contribution in [0.15, 0.2) is 29.2 Å². The monoisotopic (exact) mass is 573 g/mol. The van der Waals surface area contributed by atoms with Gasteiger partial charge in [-0.25, -0.2) is 8.42 Å². The van der Waals surface area contributed by atoms with Crippen LogP contribution in [-0.4, -0.2) is 52.2 Å². The van der Waals surface area contributed by atoms with Gasteiger partial charge >= 0.3 is 6.18 Å². The van der Waals surface area contributed by atoms with Gasteiger partial charge < -0.3 is 10.6 Å². The molecule has 2 aliphatic rings. The zero-order valence-electron chi connectivity index (χ0n) is 17.2. The molecule has 2 N–H and O–H groups in total. The molecule has 174 valence electrons. The minimum atomic E-state index is -4.62. The smallest absolute Gasteiger partial charge is 0.329 e. The van der Waals surface area contributed by atoms with Crippen LogP contribution in [0, 0.1) is 0 Å². The van der Waals surface area contributed by atoms with Crippen LogP contribution in [0.4, 0.5) is 13.2 Å². The molecule has 0 radical (unpaired) electrons. The normalized spacial score (nSPS) is 23.8. The summed E-state index contributed by atoms with van der Waals surface area (Å²) in [5.41, 5.74) is 4.99. The van der Waals surface area contributed by atoms with Gasteiger partial charge in [0.25, 0.3) is 0 Å². The second kappa shape index (κ2) is 9.52. The first-order chi connectivity index (χ1) is 14.5. The summed E-state index contributed by atoms with van der Waals surface area (Å²) in [6.07, 6.45) is -1.03. The molecule has 6 nitrogen and oxygen atoms in total. The molecule has 1 saturated carbocycles. The van der Waals surface area contributed by atoms with Crippen molar-refractivity contribution in [3.8, 4) is 0 Å². The lowest BCUT2D eigenvalue weighted by Gasteiger charge is -2.41. The molecule has 0 bridgehead atoms. The third kappa shape index (κ3) is 5.53. The van der Waals surface area contributed by atoms with E-state index in [1.807, 2.05) is 6.92 Å². The number of alkyl halides is 4. The van der Waals surface area contributed by atoms with Crippen LogP contribution in [0.5, 0.6) is 0 Å². The van der Waals surface area contributed by atoms with Crippen molar-refractivity contribution in [1.29, 1.82) is 0 Å². The molecule has 1 aliphatic heterocycles. The van der Waals surface area contributed by atoms with E-state index in [-0.39, 0.29) is 26.9 Å². The van der Waals surface area contributed by atoms with Crippen LogP contribution in [-0.2, 0) is 21.0 Å². The van der Waals surface area contributed by atoms with Crippen molar-refractivity contribution >= 4 is 38.5 Å². The molecule has 11 heteroatoms. The van der Waals surface area contributed by atoms with Gasteiger partial charge in [0.1, 0.15) is 0 Å². The number of hydrogen-bond acceptors (Lipinski definition) is 4. The summed E-state index contributed by atoms with van der Waals surface area (Å²) < 4.78 is 67.2. The first-order valence-electron chi connectivity index (χ1n) is 10.4. The van der Waals surface area contributed by atoms with Crippen molar-refractivity contribution in [2.24, 2.45) is 5.73 Å². The Morgan fingerprint density at radius 3 is 2.52 bits per heavy atom. The average molecular weight is 573 g/mol. The van der Waals surface area contributed by atoms with Gasteiger partial charge in [0, 0.05) is 18.6 Å². The molecular weight excluding hydrogens is 546 g/mol. The fourth-order valence-corrected chi connectivity index (χ4v) is 7.10. The van der Waals surface area contributed by atoms with Gasteiger partial charge in [0.2, 0.25) is 15.9 Å². The van der Waals surface area contributed by atoms with Crippen LogP contribution in [0.2, 0.25) is 0 Å². The van der Waals surface area contributed by atoms with Crippen LogP contribution in [0.25, 0.3) is 0 Å². The van der Waals surface area contributed by atoms with Gasteiger partial charge in [-0.1, -0.05) is 42.0 Å². The third-order valence-electron chi connectivity index (χ3n) is 5.71. The Morgan fingerprint density at radius 1 is 1.29 bits per heavy atom. The number of rotatable bonds is 7. The van der Waals surface area contributed by atoms with Crippen molar-refractivity contribution in [2.45, 2.75) is 78.7 Å². The molecular formula is C20H27F3IN3O3S. The molecule has 1 saturated heterocycles. The Labute approximate surface area is 194 Å². The second-order valence-corrected chi connectivity index (χ2v) is 11.4. The number of likely N-dealkylation sites (tertiary alicyclic amines) is 1. The lowest BCUT2D eigenvalue weighted by Crippen LogP contribution is -2.55. The fraction of sp³-hybridized carbons (Fsp3) is 0.650. The number of benzene rings is 1. The molecule has 0 aromatic heterocycles. The summed E-state index contributed by atoms with van der Waals surface area (Å²) in [5.74, 6) is -0.140. The third-order valence-corrected chi connectivity index (χ3v) is 8.89. The average Bonchev–Trinajstić information content (AvgIpc) is 3.52. The molecule has 0 spiro atoms. The number of amides is 1. The summed E-state index contributed by atoms with van der Waals surface area (Å²) >= 11 is 2.13. The Hall–Kier alpha value is -0.920. The topological polar surface area (TPSA) is 83.7 Å². The maximum atomic E-state index is 13.4. The van der Waals surface area contributed by atoms with E-state index in [2.05, 4.69) is 22.6 Å². The molecule has 1 heterocycles. The molecule has 3 atom stereocenters. The predicted molar refractivity (Wildman–Crippen MR) is 119 cm³/mol. The quantitative estimate of drug-likeness (QED) is 0.306. The highest BCUT2D eigenvalue weighted by atomic mass is 127. The summed E-state index contributed by atoms with van der Waals surface area (Å²) in [6.45, 7) is 2.32. The zero-order valence-corrected chi connectivity index (χ0v) is 20.2. The van der Waals surface area contributed by atoms with Gasteiger partial charge in [-0.3, -0.25) is 4.79 Å². The second-order valence-electron chi connectivity index (χ2n) is 8.13. The molecule has 1 aliphatic carbocycles. The Morgan fingerprint density at radius 2 is 1.97 bits per heavy atom. The van der Waals surface area contributed by atoms with Crippen molar-refractivity contribution in [3.05, 3.63) is 29.8 Å². The van der Waals surface area contributed by atoms with E-state index in [1.165, 1.54) is 10.4 Å². The number of carbonyl (C=O) groups excluding carboxylic acids is 1. The molecule has 3 unspecified atom stereocenters. The number of halogens is 4. The number of sulfonamides is 1. The molecule has 1 aromatic carbocycles. The van der Waals surface area contributed by atoms with Crippen molar-refractivity contribution in [3.63, 3.8) is 0 Å². The van der Waals surface area contributed by atoms with E-state index in [9.17, 15) is 26.4 Å². The first kappa shape index (κ1) is 24.7. The van der Waals surface area contributed by atoms with Crippen molar-refractivity contribution < 1.29 is 26.4 Å². The number of hydrogen-bond donors (Lipinski definition) is 1. The Bertz CT molecular complexity index is 908. The van der Waals surface area contributed by atoms with Gasteiger partial charge in [0.05, 0.1) is 20.5 Å². The van der Waals surface area contributed by atoms with Crippen LogP contribution in [0.3, 0.4) is 0 Å². The summed E-state index contributed by atoms with van der Waals surface area (Å²) in [4.78, 5) is 14.0. The number of piperidine rings is 1. The van der Waals surface area contributed by atoms with Gasteiger partial charge in [-0.2, -0.15) is 17.5 Å². The van der Waals surface area contributed by atoms with E-state index >= 15 is 0 Å². The van der Waals surface area contributed by atoms with Gasteiger partial charge in [0.15, 0.2) is 0 Å². The molecule has 1 aromatic rings. The molecule has 1 amide bonds. The number of nitrogens with zero attached hydrogens (tertiary/aromatic N) is 2. The standard InChI is InChI=1S/C20H27F3IN3O3S/c1-2-4-17(25)19(28)26-10-9-15(12-18(26)24)27(14-7-8-14)31(29,30)16-6-3-5-13(11-16)20(21,22)23/h3,5-6,11,14-15,17-18H,2,4,7-10,12,25H2,1H3. The predicted octanol–water partition coefficient (Wildman–Crippen LogP) is 3.74. The minimum Gasteiger partial charge on any atom is -0.329 e. The highest BCUT2D eigenvalue weighted by molar-refractivity contribution is 14.1. The largest absolute Gasteiger partial charge is 0.416 e. The summed E-state index contributed by atoms with van der Waals surface area (Å²) in [6, 6.07) is 2.74. The number of nitrogens with two attached hydrogens (primary N) is 1. The molecule has 2 fully saturated rings. The van der Waals surface area contributed by atoms with Gasteiger partial charge in [-0.05, 0) is 50.3 Å². The van der Waals surface area contributed by atoms with Crippen LogP contribution in [0.1, 0.15) is 51.0 Å². The van der Waals surface area contributed by atoms with E-state index in [4.69, 9.17) is 5.73 Å². The summed E-state index contributed by atoms with van der Waals surface area (Å²) in [5, 5.41) is 0. The molecule has 31 heavy (non-hydrogen) atoms. The van der Waals surface area contributed by atoms with E-state index in [0.29, 0.717) is 44.7 Å². The Kier molecular flexibility index (Phi) is 7.59. The maximum Gasteiger partial charge on any atom is 0.416 e. The van der Waals surface area contributed by atoms with Crippen molar-refractivity contribution in [2.75, 3.05) is 6.54 Å². The SMILES string of the molecule is CCCC(N)C(=O)N1CCC(N(C2CC2)S(=O)(=O)c2cccc(C(F)(F)F)c2)CC1I. The van der Waals surface area contributed by atoms with Gasteiger partial charge in [-0.15, -0.1) is 0 Å². The number of carbonyl (C=O) groups is 1. The van der Waals surface area contributed by atoms with Crippen molar-refractivity contribution in [1.82, 2.24) is 9.21 Å². The molecule has 3 rings (SSSR count). The lowest BCUT2D eigenvalue weighted by atomic mass is 10.0. The van der Waals surface area contributed by atoms with Crippen LogP contribution >= 0.6 is 22.6 Å². The van der Waals surface area contributed by atoms with Crippen LogP contribution < -0.4 is 5.73 Å². The van der Waals surface area contributed by atoms with E-state index in [1.54, 1.807) is 4.90 Å². The summed E-state index contributed by atoms with van der Waals surface area (Å²) in [7, 11) is -4.10. The highest BCUT2D eigenvalue weighted by Crippen LogP contribution is 2.39. The minimum absolute atomic E-state index is 0.140. The maximum absolute atomic E-state index is 13.4. The van der Waals surface area contributed by atoms with E-state index < -0.39 is 27.8 Å². The first-order valence-corrected chi connectivity index (χ1v) is 13.1. The lowest BCUT2D eigenvalue weighted by molar-refractivity contribution is -0.137.